The first-order valence-electron chi connectivity index (χ1n) is 5.30. The van der Waals surface area contributed by atoms with Crippen molar-refractivity contribution in [1.82, 2.24) is 4.98 Å². The maximum Gasteiger partial charge on any atom is 0.219 e. The molecule has 2 N–H and O–H groups in total. The third-order valence-electron chi connectivity index (χ3n) is 2.30. The highest BCUT2D eigenvalue weighted by Crippen LogP contribution is 2.23. The van der Waals surface area contributed by atoms with Crippen molar-refractivity contribution in [3.63, 3.8) is 0 Å². The van der Waals surface area contributed by atoms with Crippen LogP contribution >= 0.6 is 15.9 Å². The second-order valence-electron chi connectivity index (χ2n) is 3.78. The summed E-state index contributed by atoms with van der Waals surface area (Å²) in [6.07, 6.45) is 1.73. The number of aromatic nitrogens is 1. The van der Waals surface area contributed by atoms with Gasteiger partial charge in [0.25, 0.3) is 0 Å². The molecule has 0 unspecified atom stereocenters. The van der Waals surface area contributed by atoms with Gasteiger partial charge in [0.2, 0.25) is 5.88 Å². The van der Waals surface area contributed by atoms with E-state index in [1.807, 2.05) is 43.3 Å². The molecule has 4 heteroatoms. The molecule has 1 atom stereocenters. The van der Waals surface area contributed by atoms with Gasteiger partial charge in [-0.1, -0.05) is 28.1 Å². The van der Waals surface area contributed by atoms with Gasteiger partial charge in [0.15, 0.2) is 0 Å². The summed E-state index contributed by atoms with van der Waals surface area (Å²) < 4.78 is 6.59. The summed E-state index contributed by atoms with van der Waals surface area (Å²) in [6.45, 7) is 1.92. The number of hydrogen-bond acceptors (Lipinski definition) is 3. The largest absolute Gasteiger partial charge is 0.439 e. The summed E-state index contributed by atoms with van der Waals surface area (Å²) in [7, 11) is 0. The molecule has 0 fully saturated rings. The van der Waals surface area contributed by atoms with E-state index in [9.17, 15) is 0 Å². The Labute approximate surface area is 109 Å². The predicted octanol–water partition coefficient (Wildman–Crippen LogP) is 3.66. The Bertz CT molecular complexity index is 497. The van der Waals surface area contributed by atoms with E-state index in [2.05, 4.69) is 20.9 Å². The van der Waals surface area contributed by atoms with Crippen LogP contribution in [0.4, 0.5) is 0 Å². The van der Waals surface area contributed by atoms with Crippen LogP contribution in [0.15, 0.2) is 47.1 Å². The molecule has 0 spiro atoms. The summed E-state index contributed by atoms with van der Waals surface area (Å²) in [5.74, 6) is 1.31. The molecule has 2 aromatic rings. The monoisotopic (exact) mass is 292 g/mol. The van der Waals surface area contributed by atoms with Crippen molar-refractivity contribution in [3.05, 3.63) is 52.6 Å². The van der Waals surface area contributed by atoms with Gasteiger partial charge in [0.05, 0.1) is 0 Å². The van der Waals surface area contributed by atoms with Crippen molar-refractivity contribution in [2.24, 2.45) is 5.73 Å². The van der Waals surface area contributed by atoms with Gasteiger partial charge in [-0.2, -0.15) is 0 Å². The molecule has 0 aliphatic carbocycles. The minimum absolute atomic E-state index is 0.0116. The Morgan fingerprint density at radius 1 is 1.29 bits per heavy atom. The molecule has 1 aromatic heterocycles. The number of hydrogen-bond donors (Lipinski definition) is 1. The molecule has 0 aliphatic rings. The van der Waals surface area contributed by atoms with E-state index < -0.39 is 0 Å². The van der Waals surface area contributed by atoms with Crippen molar-refractivity contribution in [3.8, 4) is 11.6 Å². The average Bonchev–Trinajstić information content (AvgIpc) is 2.29. The van der Waals surface area contributed by atoms with Gasteiger partial charge in [0.1, 0.15) is 5.75 Å². The number of pyridine rings is 1. The maximum atomic E-state index is 5.75. The smallest absolute Gasteiger partial charge is 0.219 e. The summed E-state index contributed by atoms with van der Waals surface area (Å²) in [4.78, 5) is 4.21. The van der Waals surface area contributed by atoms with Crippen molar-refractivity contribution < 1.29 is 4.74 Å². The van der Waals surface area contributed by atoms with E-state index in [-0.39, 0.29) is 6.04 Å². The summed E-state index contributed by atoms with van der Waals surface area (Å²) in [5.41, 5.74) is 6.74. The third-order valence-corrected chi connectivity index (χ3v) is 2.80. The van der Waals surface area contributed by atoms with Gasteiger partial charge >= 0.3 is 0 Å². The molecule has 0 amide bonds. The van der Waals surface area contributed by atoms with Crippen LogP contribution in [0.5, 0.6) is 11.6 Å². The van der Waals surface area contributed by atoms with Gasteiger partial charge in [0, 0.05) is 22.8 Å². The number of ether oxygens (including phenoxy) is 1. The lowest BCUT2D eigenvalue weighted by Gasteiger charge is -2.07. The molecule has 0 saturated carbocycles. The van der Waals surface area contributed by atoms with Gasteiger partial charge in [-0.25, -0.2) is 4.98 Å². The second-order valence-corrected chi connectivity index (χ2v) is 4.69. The minimum atomic E-state index is -0.0116. The van der Waals surface area contributed by atoms with E-state index in [1.54, 1.807) is 6.20 Å². The number of rotatable bonds is 3. The highest BCUT2D eigenvalue weighted by atomic mass is 79.9. The number of nitrogens with two attached hydrogens (primary N) is 1. The minimum Gasteiger partial charge on any atom is -0.439 e. The Hall–Kier alpha value is -1.39. The molecule has 2 rings (SSSR count). The molecular weight excluding hydrogens is 280 g/mol. The molecule has 3 nitrogen and oxygen atoms in total. The quantitative estimate of drug-likeness (QED) is 0.939. The van der Waals surface area contributed by atoms with Crippen LogP contribution in [0.25, 0.3) is 0 Å². The number of halogens is 1. The van der Waals surface area contributed by atoms with Crippen LogP contribution in [0.3, 0.4) is 0 Å². The van der Waals surface area contributed by atoms with Crippen molar-refractivity contribution in [1.29, 1.82) is 0 Å². The van der Waals surface area contributed by atoms with Crippen LogP contribution < -0.4 is 10.5 Å². The first kappa shape index (κ1) is 12.1. The zero-order chi connectivity index (χ0) is 12.3. The maximum absolute atomic E-state index is 5.75. The lowest BCUT2D eigenvalue weighted by molar-refractivity contribution is 0.462. The van der Waals surface area contributed by atoms with Crippen molar-refractivity contribution in [2.45, 2.75) is 13.0 Å². The highest BCUT2D eigenvalue weighted by molar-refractivity contribution is 9.10. The normalized spacial score (nSPS) is 12.2. The second kappa shape index (κ2) is 5.29. The lowest BCUT2D eigenvalue weighted by atomic mass is 10.2. The molecule has 1 heterocycles. The van der Waals surface area contributed by atoms with Gasteiger partial charge < -0.3 is 10.5 Å². The molecule has 0 aliphatic heterocycles. The molecule has 0 bridgehead atoms. The van der Waals surface area contributed by atoms with Crippen LogP contribution in [-0.2, 0) is 0 Å². The summed E-state index contributed by atoms with van der Waals surface area (Å²) in [5, 5.41) is 0. The average molecular weight is 293 g/mol. The summed E-state index contributed by atoms with van der Waals surface area (Å²) >= 11 is 3.39. The first-order chi connectivity index (χ1) is 8.15. The molecule has 0 saturated heterocycles. The van der Waals surface area contributed by atoms with Crippen molar-refractivity contribution in [2.75, 3.05) is 0 Å². The molecule has 17 heavy (non-hydrogen) atoms. The zero-order valence-corrected chi connectivity index (χ0v) is 11.0. The molecule has 88 valence electrons. The van der Waals surface area contributed by atoms with Gasteiger partial charge in [-0.15, -0.1) is 0 Å². The van der Waals surface area contributed by atoms with Crippen LogP contribution in [0.2, 0.25) is 0 Å². The Kier molecular flexibility index (Phi) is 3.76. The first-order valence-corrected chi connectivity index (χ1v) is 6.09. The fraction of sp³-hybridized carbons (Fsp3) is 0.154. The topological polar surface area (TPSA) is 48.1 Å². The third kappa shape index (κ3) is 3.28. The summed E-state index contributed by atoms with van der Waals surface area (Å²) in [6, 6.07) is 11.4. The van der Waals surface area contributed by atoms with E-state index >= 15 is 0 Å². The van der Waals surface area contributed by atoms with Gasteiger partial charge in [-0.3, -0.25) is 0 Å². The molecule has 1 aromatic carbocycles. The zero-order valence-electron chi connectivity index (χ0n) is 9.43. The van der Waals surface area contributed by atoms with E-state index in [0.717, 1.165) is 15.8 Å². The van der Waals surface area contributed by atoms with E-state index in [0.29, 0.717) is 5.88 Å². The number of benzene rings is 1. The van der Waals surface area contributed by atoms with E-state index in [1.165, 1.54) is 0 Å². The van der Waals surface area contributed by atoms with Crippen LogP contribution in [-0.4, -0.2) is 4.98 Å². The van der Waals surface area contributed by atoms with Crippen LogP contribution in [0, 0.1) is 0 Å². The molecule has 0 radical (unpaired) electrons. The fourth-order valence-corrected chi connectivity index (χ4v) is 1.75. The predicted molar refractivity (Wildman–Crippen MR) is 71.1 cm³/mol. The Morgan fingerprint density at radius 2 is 2.12 bits per heavy atom. The number of nitrogens with zero attached hydrogens (tertiary/aromatic N) is 1. The van der Waals surface area contributed by atoms with Crippen LogP contribution in [0.1, 0.15) is 18.5 Å². The molecular formula is C13H13BrN2O. The standard InChI is InChI=1S/C13H13BrN2O/c1-9(15)10-5-6-13(16-8-10)17-12-4-2-3-11(14)7-12/h2-9H,15H2,1H3/t9-/m0/s1. The van der Waals surface area contributed by atoms with E-state index in [4.69, 9.17) is 10.5 Å². The Balaban J connectivity index is 2.14. The lowest BCUT2D eigenvalue weighted by Crippen LogP contribution is -2.05. The Morgan fingerprint density at radius 3 is 2.71 bits per heavy atom. The fourth-order valence-electron chi connectivity index (χ4n) is 1.37. The SMILES string of the molecule is C[C@H](N)c1ccc(Oc2cccc(Br)c2)nc1. The van der Waals surface area contributed by atoms with Crippen molar-refractivity contribution >= 4 is 15.9 Å². The van der Waals surface area contributed by atoms with Gasteiger partial charge in [-0.05, 0) is 30.7 Å². The highest BCUT2D eigenvalue weighted by Gasteiger charge is 2.02.